The molecule has 2 N–H and O–H groups in total. The minimum atomic E-state index is -0.333. The first-order chi connectivity index (χ1) is 11.7. The number of nitrogens with one attached hydrogen (secondary N) is 1. The number of para-hydroxylation sites is 2. The summed E-state index contributed by atoms with van der Waals surface area (Å²) in [6.45, 7) is 0. The SMILES string of the molecule is O=c1[nH]c2ccccc2nc1C=C(O)c1cccc2ccccc12. The predicted octanol–water partition coefficient (Wildman–Crippen LogP) is 4.13. The van der Waals surface area contributed by atoms with Gasteiger partial charge in [0.15, 0.2) is 0 Å². The summed E-state index contributed by atoms with van der Waals surface area (Å²) in [4.78, 5) is 19.3. The number of H-pyrrole nitrogens is 1. The van der Waals surface area contributed by atoms with Crippen LogP contribution in [0.1, 0.15) is 11.3 Å². The van der Waals surface area contributed by atoms with Gasteiger partial charge in [-0.2, -0.15) is 0 Å². The van der Waals surface area contributed by atoms with Gasteiger partial charge in [0.05, 0.1) is 11.0 Å². The smallest absolute Gasteiger partial charge is 0.274 e. The number of aromatic amines is 1. The average molecular weight is 314 g/mol. The van der Waals surface area contributed by atoms with E-state index in [-0.39, 0.29) is 17.0 Å². The molecular formula is C20H14N2O2. The molecule has 4 heteroatoms. The maximum absolute atomic E-state index is 12.2. The van der Waals surface area contributed by atoms with Crippen molar-refractivity contribution in [3.63, 3.8) is 0 Å². The molecule has 0 atom stereocenters. The standard InChI is InChI=1S/C20H14N2O2/c23-19(15-9-5-7-13-6-1-2-8-14(13)15)12-18-20(24)22-17-11-4-3-10-16(17)21-18/h1-12,23H,(H,22,24). The quantitative estimate of drug-likeness (QED) is 0.547. The molecule has 4 aromatic rings. The second-order valence-electron chi connectivity index (χ2n) is 5.52. The van der Waals surface area contributed by atoms with E-state index in [1.54, 1.807) is 6.07 Å². The Morgan fingerprint density at radius 1 is 0.958 bits per heavy atom. The van der Waals surface area contributed by atoms with E-state index in [2.05, 4.69) is 9.97 Å². The first-order valence-corrected chi connectivity index (χ1v) is 7.60. The fourth-order valence-corrected chi connectivity index (χ4v) is 2.80. The highest BCUT2D eigenvalue weighted by atomic mass is 16.3. The summed E-state index contributed by atoms with van der Waals surface area (Å²) in [5.41, 5.74) is 1.86. The van der Waals surface area contributed by atoms with Crippen molar-refractivity contribution in [3.8, 4) is 0 Å². The molecule has 0 bridgehead atoms. The van der Waals surface area contributed by atoms with Gasteiger partial charge in [-0.3, -0.25) is 4.79 Å². The lowest BCUT2D eigenvalue weighted by atomic mass is 10.0. The summed E-state index contributed by atoms with van der Waals surface area (Å²) in [6, 6.07) is 20.8. The Kier molecular flexibility index (Phi) is 3.35. The maximum atomic E-state index is 12.2. The van der Waals surface area contributed by atoms with E-state index in [0.717, 1.165) is 10.8 Å². The molecule has 24 heavy (non-hydrogen) atoms. The largest absolute Gasteiger partial charge is 0.507 e. The molecule has 0 saturated heterocycles. The Labute approximate surface area is 137 Å². The Balaban J connectivity index is 1.88. The molecule has 1 aromatic heterocycles. The monoisotopic (exact) mass is 314 g/mol. The van der Waals surface area contributed by atoms with E-state index in [0.29, 0.717) is 16.6 Å². The van der Waals surface area contributed by atoms with Crippen LogP contribution in [-0.2, 0) is 0 Å². The van der Waals surface area contributed by atoms with Crippen molar-refractivity contribution in [2.75, 3.05) is 0 Å². The van der Waals surface area contributed by atoms with Crippen molar-refractivity contribution < 1.29 is 5.11 Å². The zero-order valence-corrected chi connectivity index (χ0v) is 12.7. The maximum Gasteiger partial charge on any atom is 0.274 e. The van der Waals surface area contributed by atoms with Crippen LogP contribution >= 0.6 is 0 Å². The molecular weight excluding hydrogens is 300 g/mol. The lowest BCUT2D eigenvalue weighted by Crippen LogP contribution is -2.12. The molecule has 0 aliphatic heterocycles. The molecule has 116 valence electrons. The average Bonchev–Trinajstić information content (AvgIpc) is 2.62. The molecule has 0 aliphatic carbocycles. The number of aliphatic hydroxyl groups is 1. The van der Waals surface area contributed by atoms with Crippen LogP contribution in [0.25, 0.3) is 33.6 Å². The summed E-state index contributed by atoms with van der Waals surface area (Å²) >= 11 is 0. The number of aliphatic hydroxyl groups excluding tert-OH is 1. The van der Waals surface area contributed by atoms with Crippen LogP contribution in [0.4, 0.5) is 0 Å². The van der Waals surface area contributed by atoms with Gasteiger partial charge in [-0.15, -0.1) is 0 Å². The highest BCUT2D eigenvalue weighted by molar-refractivity contribution is 5.95. The van der Waals surface area contributed by atoms with E-state index in [9.17, 15) is 9.90 Å². The minimum Gasteiger partial charge on any atom is -0.507 e. The summed E-state index contributed by atoms with van der Waals surface area (Å²) < 4.78 is 0. The van der Waals surface area contributed by atoms with Crippen molar-refractivity contribution in [2.24, 2.45) is 0 Å². The van der Waals surface area contributed by atoms with E-state index < -0.39 is 0 Å². The number of rotatable bonds is 2. The molecule has 0 amide bonds. The first kappa shape index (κ1) is 14.2. The fraction of sp³-hybridized carbons (Fsp3) is 0. The van der Waals surface area contributed by atoms with E-state index in [4.69, 9.17) is 0 Å². The van der Waals surface area contributed by atoms with Gasteiger partial charge < -0.3 is 10.1 Å². The van der Waals surface area contributed by atoms with Crippen LogP contribution in [0.3, 0.4) is 0 Å². The summed E-state index contributed by atoms with van der Waals surface area (Å²) in [6.07, 6.45) is 1.41. The second kappa shape index (κ2) is 5.66. The zero-order valence-electron chi connectivity index (χ0n) is 12.7. The van der Waals surface area contributed by atoms with Crippen LogP contribution in [0.5, 0.6) is 0 Å². The highest BCUT2D eigenvalue weighted by Crippen LogP contribution is 2.24. The molecule has 0 spiro atoms. The van der Waals surface area contributed by atoms with E-state index in [1.165, 1.54) is 6.08 Å². The van der Waals surface area contributed by atoms with Gasteiger partial charge in [-0.1, -0.05) is 54.6 Å². The summed E-state index contributed by atoms with van der Waals surface area (Å²) in [5, 5.41) is 12.5. The minimum absolute atomic E-state index is 0.0140. The van der Waals surface area contributed by atoms with Gasteiger partial charge >= 0.3 is 0 Å². The molecule has 4 nitrogen and oxygen atoms in total. The molecule has 0 fully saturated rings. The van der Waals surface area contributed by atoms with Crippen molar-refractivity contribution in [1.29, 1.82) is 0 Å². The number of hydrogen-bond donors (Lipinski definition) is 2. The number of aromatic nitrogens is 2. The normalized spacial score (nSPS) is 11.9. The van der Waals surface area contributed by atoms with Gasteiger partial charge in [0.25, 0.3) is 5.56 Å². The Hall–Kier alpha value is -3.40. The lowest BCUT2D eigenvalue weighted by molar-refractivity contribution is 0.516. The van der Waals surface area contributed by atoms with Gasteiger partial charge in [0, 0.05) is 11.6 Å². The molecule has 0 radical (unpaired) electrons. The van der Waals surface area contributed by atoms with Crippen molar-refractivity contribution in [1.82, 2.24) is 9.97 Å². The van der Waals surface area contributed by atoms with E-state index in [1.807, 2.05) is 60.7 Å². The van der Waals surface area contributed by atoms with Crippen LogP contribution < -0.4 is 5.56 Å². The van der Waals surface area contributed by atoms with Gasteiger partial charge in [0.2, 0.25) is 0 Å². The Bertz CT molecular complexity index is 1140. The van der Waals surface area contributed by atoms with Gasteiger partial charge in [0.1, 0.15) is 11.5 Å². The van der Waals surface area contributed by atoms with E-state index >= 15 is 0 Å². The Morgan fingerprint density at radius 2 is 1.71 bits per heavy atom. The van der Waals surface area contributed by atoms with Crippen molar-refractivity contribution in [3.05, 3.63) is 88.3 Å². The molecule has 0 aliphatic rings. The highest BCUT2D eigenvalue weighted by Gasteiger charge is 2.08. The molecule has 0 saturated carbocycles. The number of hydrogen-bond acceptors (Lipinski definition) is 3. The summed E-state index contributed by atoms with van der Waals surface area (Å²) in [5.74, 6) is 0.0140. The first-order valence-electron chi connectivity index (χ1n) is 7.60. The number of nitrogens with zero attached hydrogens (tertiary/aromatic N) is 1. The zero-order chi connectivity index (χ0) is 16.5. The summed E-state index contributed by atoms with van der Waals surface area (Å²) in [7, 11) is 0. The number of fused-ring (bicyclic) bond motifs is 2. The van der Waals surface area contributed by atoms with Crippen LogP contribution in [0.2, 0.25) is 0 Å². The Morgan fingerprint density at radius 3 is 2.62 bits per heavy atom. The van der Waals surface area contributed by atoms with Crippen molar-refractivity contribution >= 4 is 33.6 Å². The van der Waals surface area contributed by atoms with Crippen LogP contribution in [0.15, 0.2) is 71.5 Å². The third-order valence-electron chi connectivity index (χ3n) is 3.96. The van der Waals surface area contributed by atoms with Gasteiger partial charge in [-0.25, -0.2) is 4.98 Å². The van der Waals surface area contributed by atoms with Crippen LogP contribution in [-0.4, -0.2) is 15.1 Å². The molecule has 0 unspecified atom stereocenters. The second-order valence-corrected chi connectivity index (χ2v) is 5.52. The topological polar surface area (TPSA) is 66.0 Å². The molecule has 4 rings (SSSR count). The molecule has 3 aromatic carbocycles. The van der Waals surface area contributed by atoms with Crippen LogP contribution in [0, 0.1) is 0 Å². The third kappa shape index (κ3) is 2.44. The van der Waals surface area contributed by atoms with Gasteiger partial charge in [-0.05, 0) is 22.9 Å². The third-order valence-corrected chi connectivity index (χ3v) is 3.96. The fourth-order valence-electron chi connectivity index (χ4n) is 2.80. The molecule has 1 heterocycles. The van der Waals surface area contributed by atoms with Crippen molar-refractivity contribution in [2.45, 2.75) is 0 Å². The number of benzene rings is 3. The lowest BCUT2D eigenvalue weighted by Gasteiger charge is -2.06. The predicted molar refractivity (Wildman–Crippen MR) is 96.8 cm³/mol.